The van der Waals surface area contributed by atoms with Crippen molar-refractivity contribution in [1.82, 2.24) is 0 Å². The van der Waals surface area contributed by atoms with E-state index in [4.69, 9.17) is 0 Å². The normalized spacial score (nSPS) is 11.1. The van der Waals surface area contributed by atoms with Crippen LogP contribution >= 0.6 is 0 Å². The topological polar surface area (TPSA) is 0 Å². The minimum Gasteiger partial charge on any atom is -0.0985 e. The molecule has 4 aromatic carbocycles. The van der Waals surface area contributed by atoms with Gasteiger partial charge in [0.2, 0.25) is 0 Å². The first-order chi connectivity index (χ1) is 14.2. The molecule has 0 heterocycles. The van der Waals surface area contributed by atoms with Gasteiger partial charge in [-0.05, 0) is 62.9 Å². The molecule has 0 aliphatic carbocycles. The first kappa shape index (κ1) is 19.2. The van der Waals surface area contributed by atoms with Crippen molar-refractivity contribution in [3.8, 4) is 11.1 Å². The summed E-state index contributed by atoms with van der Waals surface area (Å²) >= 11 is 0. The summed E-state index contributed by atoms with van der Waals surface area (Å²) in [6.45, 7) is 8.62. The highest BCUT2D eigenvalue weighted by Gasteiger charge is 2.10. The lowest BCUT2D eigenvalue weighted by molar-refractivity contribution is 0.648. The minimum absolute atomic E-state index is 0.638. The molecule has 0 nitrogen and oxygen atoms in total. The third kappa shape index (κ3) is 4.17. The molecule has 0 unspecified atom stereocenters. The van der Waals surface area contributed by atoms with Gasteiger partial charge in [-0.25, -0.2) is 0 Å². The van der Waals surface area contributed by atoms with E-state index in [-0.39, 0.29) is 0 Å². The number of rotatable bonds is 6. The van der Waals surface area contributed by atoms with Crippen LogP contribution < -0.4 is 0 Å². The average Bonchev–Trinajstić information content (AvgIpc) is 2.74. The van der Waals surface area contributed by atoms with Gasteiger partial charge >= 0.3 is 0 Å². The maximum absolute atomic E-state index is 4.05. The van der Waals surface area contributed by atoms with Gasteiger partial charge in [0.25, 0.3) is 0 Å². The zero-order valence-electron chi connectivity index (χ0n) is 17.4. The summed E-state index contributed by atoms with van der Waals surface area (Å²) in [5, 5.41) is 2.62. The largest absolute Gasteiger partial charge is 0.0985 e. The summed E-state index contributed by atoms with van der Waals surface area (Å²) in [6.07, 6.45) is 3.98. The van der Waals surface area contributed by atoms with E-state index in [2.05, 4.69) is 105 Å². The van der Waals surface area contributed by atoms with Crippen molar-refractivity contribution >= 4 is 16.8 Å². The lowest BCUT2D eigenvalue weighted by atomic mass is 9.90. The van der Waals surface area contributed by atoms with Gasteiger partial charge in [0.05, 0.1) is 0 Å². The number of hydrogen-bond donors (Lipinski definition) is 0. The van der Waals surface area contributed by atoms with E-state index in [0.29, 0.717) is 5.92 Å². The predicted octanol–water partition coefficient (Wildman–Crippen LogP) is 7.94. The molecular formula is C29H28. The van der Waals surface area contributed by atoms with Crippen LogP contribution in [0.15, 0.2) is 91.5 Å². The minimum atomic E-state index is 0.638. The summed E-state index contributed by atoms with van der Waals surface area (Å²) in [6, 6.07) is 30.9. The van der Waals surface area contributed by atoms with Crippen LogP contribution in [0.25, 0.3) is 28.0 Å². The molecule has 0 fully saturated rings. The van der Waals surface area contributed by atoms with Gasteiger partial charge in [-0.2, -0.15) is 0 Å². The van der Waals surface area contributed by atoms with Crippen LogP contribution in [0, 0.1) is 5.92 Å². The number of fused-ring (bicyclic) bond motifs is 1. The Labute approximate surface area is 174 Å². The second-order valence-corrected chi connectivity index (χ2v) is 8.19. The van der Waals surface area contributed by atoms with Crippen molar-refractivity contribution in [1.29, 1.82) is 0 Å². The summed E-state index contributed by atoms with van der Waals surface area (Å²) in [5.74, 6) is 0.638. The van der Waals surface area contributed by atoms with Crippen LogP contribution in [0.1, 0.15) is 36.1 Å². The quantitative estimate of drug-likeness (QED) is 0.320. The lowest BCUT2D eigenvalue weighted by Gasteiger charge is -2.15. The highest BCUT2D eigenvalue weighted by Crippen LogP contribution is 2.30. The molecule has 0 saturated carbocycles. The van der Waals surface area contributed by atoms with Crippen molar-refractivity contribution in [3.63, 3.8) is 0 Å². The van der Waals surface area contributed by atoms with Crippen LogP contribution in [-0.2, 0) is 12.8 Å². The molecule has 0 bridgehead atoms. The first-order valence-corrected chi connectivity index (χ1v) is 10.5. The monoisotopic (exact) mass is 376 g/mol. The zero-order valence-corrected chi connectivity index (χ0v) is 17.4. The molecule has 0 heteroatoms. The van der Waals surface area contributed by atoms with E-state index < -0.39 is 0 Å². The summed E-state index contributed by atoms with van der Waals surface area (Å²) in [4.78, 5) is 0. The summed E-state index contributed by atoms with van der Waals surface area (Å²) in [5.41, 5.74) is 7.96. The van der Waals surface area contributed by atoms with E-state index >= 15 is 0 Å². The first-order valence-electron chi connectivity index (χ1n) is 10.5. The Morgan fingerprint density at radius 3 is 2.31 bits per heavy atom. The molecule has 0 aromatic heterocycles. The highest BCUT2D eigenvalue weighted by molar-refractivity contribution is 5.86. The van der Waals surface area contributed by atoms with Crippen molar-refractivity contribution in [2.24, 2.45) is 5.92 Å². The van der Waals surface area contributed by atoms with E-state index in [0.717, 1.165) is 12.8 Å². The third-order valence-electron chi connectivity index (χ3n) is 5.58. The maximum atomic E-state index is 4.05. The predicted molar refractivity (Wildman–Crippen MR) is 127 cm³/mol. The SMILES string of the molecule is C=Cc1ccc(-c2ccccc2CC(C)C)cc1Cc1cccc2ccccc12. The van der Waals surface area contributed by atoms with Gasteiger partial charge in [-0.15, -0.1) is 0 Å². The van der Waals surface area contributed by atoms with Gasteiger partial charge < -0.3 is 0 Å². The van der Waals surface area contributed by atoms with Gasteiger partial charge in [0.1, 0.15) is 0 Å². The second kappa shape index (κ2) is 8.49. The van der Waals surface area contributed by atoms with Crippen LogP contribution in [-0.4, -0.2) is 0 Å². The van der Waals surface area contributed by atoms with E-state index in [1.54, 1.807) is 0 Å². The smallest absolute Gasteiger partial charge is 0.00135 e. The standard InChI is InChI=1S/C29H28/c1-4-22-16-17-26(29-15-8-6-11-24(29)18-21(2)3)20-27(22)19-25-13-9-12-23-10-5-7-14-28(23)25/h4-17,20-21H,1,18-19H2,2-3H3. The number of benzene rings is 4. The fourth-order valence-corrected chi connectivity index (χ4v) is 4.20. The molecule has 4 rings (SSSR count). The Kier molecular flexibility index (Phi) is 5.62. The molecule has 29 heavy (non-hydrogen) atoms. The Morgan fingerprint density at radius 1 is 0.759 bits per heavy atom. The molecule has 0 spiro atoms. The maximum Gasteiger partial charge on any atom is -0.00135 e. The van der Waals surface area contributed by atoms with Crippen LogP contribution in [0.3, 0.4) is 0 Å². The molecule has 4 aromatic rings. The zero-order chi connectivity index (χ0) is 20.2. The molecule has 0 aliphatic rings. The van der Waals surface area contributed by atoms with Gasteiger partial charge in [0, 0.05) is 0 Å². The van der Waals surface area contributed by atoms with Crippen LogP contribution in [0.5, 0.6) is 0 Å². The van der Waals surface area contributed by atoms with Crippen molar-refractivity contribution in [3.05, 3.63) is 114 Å². The Hall–Kier alpha value is -3.12. The van der Waals surface area contributed by atoms with E-state index in [1.807, 2.05) is 6.08 Å². The molecule has 144 valence electrons. The van der Waals surface area contributed by atoms with Gasteiger partial charge in [0.15, 0.2) is 0 Å². The van der Waals surface area contributed by atoms with Crippen molar-refractivity contribution in [2.75, 3.05) is 0 Å². The third-order valence-corrected chi connectivity index (χ3v) is 5.58. The van der Waals surface area contributed by atoms with Crippen molar-refractivity contribution in [2.45, 2.75) is 26.7 Å². The van der Waals surface area contributed by atoms with Gasteiger partial charge in [-0.3, -0.25) is 0 Å². The highest BCUT2D eigenvalue weighted by atomic mass is 14.1. The summed E-state index contributed by atoms with van der Waals surface area (Å²) < 4.78 is 0. The Morgan fingerprint density at radius 2 is 1.48 bits per heavy atom. The van der Waals surface area contributed by atoms with E-state index in [1.165, 1.54) is 44.2 Å². The second-order valence-electron chi connectivity index (χ2n) is 8.19. The fourth-order valence-electron chi connectivity index (χ4n) is 4.20. The molecule has 0 saturated heterocycles. The van der Waals surface area contributed by atoms with Crippen LogP contribution in [0.2, 0.25) is 0 Å². The molecule has 0 aliphatic heterocycles. The number of hydrogen-bond acceptors (Lipinski definition) is 0. The Bertz CT molecular complexity index is 1140. The molecular weight excluding hydrogens is 348 g/mol. The summed E-state index contributed by atoms with van der Waals surface area (Å²) in [7, 11) is 0. The van der Waals surface area contributed by atoms with E-state index in [9.17, 15) is 0 Å². The fraction of sp³-hybridized carbons (Fsp3) is 0.172. The average molecular weight is 377 g/mol. The Balaban J connectivity index is 1.78. The van der Waals surface area contributed by atoms with Crippen LogP contribution in [0.4, 0.5) is 0 Å². The van der Waals surface area contributed by atoms with Crippen molar-refractivity contribution < 1.29 is 0 Å². The molecule has 0 atom stereocenters. The molecule has 0 N–H and O–H groups in total. The van der Waals surface area contributed by atoms with Gasteiger partial charge in [-0.1, -0.05) is 111 Å². The lowest BCUT2D eigenvalue weighted by Crippen LogP contribution is -1.98. The molecule has 0 amide bonds. The molecule has 0 radical (unpaired) electrons.